The van der Waals surface area contributed by atoms with E-state index >= 15 is 0 Å². The molecule has 0 aliphatic heterocycles. The number of nitrogens with one attached hydrogen (secondary N) is 1. The molecule has 6 heteroatoms. The summed E-state index contributed by atoms with van der Waals surface area (Å²) >= 11 is 0. The van der Waals surface area contributed by atoms with Gasteiger partial charge in [0.15, 0.2) is 0 Å². The Balaban J connectivity index is 4.36. The molecule has 0 aromatic heterocycles. The minimum Gasteiger partial charge on any atom is -0.469 e. The number of carbonyl (C=O) groups excluding carboxylic acids is 3. The van der Waals surface area contributed by atoms with E-state index in [1.807, 2.05) is 13.8 Å². The minimum atomic E-state index is -0.676. The van der Waals surface area contributed by atoms with E-state index in [4.69, 9.17) is 0 Å². The van der Waals surface area contributed by atoms with Gasteiger partial charge in [0.25, 0.3) is 0 Å². The quantitative estimate of drug-likeness (QED) is 0.679. The minimum absolute atomic E-state index is 0.00324. The maximum absolute atomic E-state index is 11.6. The van der Waals surface area contributed by atoms with Gasteiger partial charge < -0.3 is 14.8 Å². The Hall–Kier alpha value is -1.59. The van der Waals surface area contributed by atoms with Crippen LogP contribution in [-0.2, 0) is 23.9 Å². The van der Waals surface area contributed by atoms with Gasteiger partial charge in [0.05, 0.1) is 20.6 Å². The fourth-order valence-corrected chi connectivity index (χ4v) is 1.36. The Bertz CT molecular complexity index is 303. The molecule has 0 radical (unpaired) electrons. The SMILES string of the molecule is CC[C@H](C)[C@@H](NC(=O)CCC(=O)OC)C(=O)OC. The lowest BCUT2D eigenvalue weighted by Crippen LogP contribution is -2.45. The highest BCUT2D eigenvalue weighted by atomic mass is 16.5. The number of amides is 1. The van der Waals surface area contributed by atoms with Crippen LogP contribution >= 0.6 is 0 Å². The summed E-state index contributed by atoms with van der Waals surface area (Å²) in [7, 11) is 2.54. The molecule has 0 unspecified atom stereocenters. The van der Waals surface area contributed by atoms with Gasteiger partial charge >= 0.3 is 11.9 Å². The van der Waals surface area contributed by atoms with E-state index in [2.05, 4.69) is 14.8 Å². The van der Waals surface area contributed by atoms with Crippen LogP contribution in [0.25, 0.3) is 0 Å². The van der Waals surface area contributed by atoms with Gasteiger partial charge in [-0.15, -0.1) is 0 Å². The molecule has 0 heterocycles. The summed E-state index contributed by atoms with van der Waals surface area (Å²) in [5.74, 6) is -1.32. The predicted octanol–water partition coefficient (Wildman–Crippen LogP) is 0.643. The highest BCUT2D eigenvalue weighted by Crippen LogP contribution is 2.09. The van der Waals surface area contributed by atoms with Gasteiger partial charge in [0, 0.05) is 6.42 Å². The first-order valence-corrected chi connectivity index (χ1v) is 5.90. The largest absolute Gasteiger partial charge is 0.469 e. The van der Waals surface area contributed by atoms with Crippen molar-refractivity contribution in [3.8, 4) is 0 Å². The molecular formula is C12H21NO5. The average molecular weight is 259 g/mol. The first kappa shape index (κ1) is 16.4. The highest BCUT2D eigenvalue weighted by molar-refractivity contribution is 5.86. The van der Waals surface area contributed by atoms with Crippen LogP contribution in [0, 0.1) is 5.92 Å². The number of hydrogen-bond donors (Lipinski definition) is 1. The molecule has 0 bridgehead atoms. The van der Waals surface area contributed by atoms with Crippen molar-refractivity contribution in [3.05, 3.63) is 0 Å². The van der Waals surface area contributed by atoms with Crippen molar-refractivity contribution in [3.63, 3.8) is 0 Å². The monoisotopic (exact) mass is 259 g/mol. The number of rotatable bonds is 7. The molecule has 0 aliphatic rings. The smallest absolute Gasteiger partial charge is 0.328 e. The molecule has 6 nitrogen and oxygen atoms in total. The summed E-state index contributed by atoms with van der Waals surface area (Å²) in [6.07, 6.45) is 0.727. The first-order valence-electron chi connectivity index (χ1n) is 5.90. The number of esters is 2. The Labute approximate surface area is 107 Å². The fraction of sp³-hybridized carbons (Fsp3) is 0.750. The van der Waals surface area contributed by atoms with Crippen LogP contribution < -0.4 is 5.32 Å². The summed E-state index contributed by atoms with van der Waals surface area (Å²) in [5, 5.41) is 2.58. The summed E-state index contributed by atoms with van der Waals surface area (Å²) < 4.78 is 9.07. The molecule has 1 amide bonds. The van der Waals surface area contributed by atoms with Crippen molar-refractivity contribution < 1.29 is 23.9 Å². The molecule has 0 aliphatic carbocycles. The first-order chi connectivity index (χ1) is 8.46. The average Bonchev–Trinajstić information content (AvgIpc) is 2.40. The van der Waals surface area contributed by atoms with Gasteiger partial charge in [0.2, 0.25) is 5.91 Å². The van der Waals surface area contributed by atoms with E-state index in [-0.39, 0.29) is 24.7 Å². The zero-order valence-electron chi connectivity index (χ0n) is 11.3. The third-order valence-corrected chi connectivity index (χ3v) is 2.77. The topological polar surface area (TPSA) is 81.7 Å². The molecule has 0 aromatic carbocycles. The molecule has 0 fully saturated rings. The van der Waals surface area contributed by atoms with E-state index in [1.165, 1.54) is 14.2 Å². The van der Waals surface area contributed by atoms with Crippen molar-refractivity contribution in [2.45, 2.75) is 39.2 Å². The van der Waals surface area contributed by atoms with Crippen molar-refractivity contribution in [1.82, 2.24) is 5.32 Å². The zero-order valence-corrected chi connectivity index (χ0v) is 11.3. The van der Waals surface area contributed by atoms with Crippen LogP contribution in [0.4, 0.5) is 0 Å². The third kappa shape index (κ3) is 5.65. The molecule has 104 valence electrons. The van der Waals surface area contributed by atoms with E-state index in [0.717, 1.165) is 6.42 Å². The number of hydrogen-bond acceptors (Lipinski definition) is 5. The van der Waals surface area contributed by atoms with Crippen molar-refractivity contribution in [2.24, 2.45) is 5.92 Å². The summed E-state index contributed by atoms with van der Waals surface area (Å²) in [5.41, 5.74) is 0. The van der Waals surface area contributed by atoms with Gasteiger partial charge in [-0.05, 0) is 5.92 Å². The molecular weight excluding hydrogens is 238 g/mol. The Morgan fingerprint density at radius 3 is 2.17 bits per heavy atom. The van der Waals surface area contributed by atoms with Crippen LogP contribution in [0.15, 0.2) is 0 Å². The van der Waals surface area contributed by atoms with Crippen LogP contribution in [0.3, 0.4) is 0 Å². The van der Waals surface area contributed by atoms with Gasteiger partial charge in [0.1, 0.15) is 6.04 Å². The molecule has 0 saturated heterocycles. The maximum Gasteiger partial charge on any atom is 0.328 e. The molecule has 18 heavy (non-hydrogen) atoms. The summed E-state index contributed by atoms with van der Waals surface area (Å²) in [4.78, 5) is 34.0. The highest BCUT2D eigenvalue weighted by Gasteiger charge is 2.26. The molecule has 2 atom stereocenters. The number of carbonyl (C=O) groups is 3. The van der Waals surface area contributed by atoms with Crippen molar-refractivity contribution in [2.75, 3.05) is 14.2 Å². The van der Waals surface area contributed by atoms with Crippen LogP contribution in [0.2, 0.25) is 0 Å². The van der Waals surface area contributed by atoms with Gasteiger partial charge in [-0.25, -0.2) is 4.79 Å². The number of methoxy groups -OCH3 is 2. The van der Waals surface area contributed by atoms with Crippen LogP contribution in [0.1, 0.15) is 33.1 Å². The molecule has 0 spiro atoms. The lowest BCUT2D eigenvalue weighted by molar-refractivity contribution is -0.146. The molecule has 0 aromatic rings. The van der Waals surface area contributed by atoms with Gasteiger partial charge in [-0.3, -0.25) is 9.59 Å². The summed E-state index contributed by atoms with van der Waals surface area (Å²) in [6, 6.07) is -0.676. The Morgan fingerprint density at radius 1 is 1.11 bits per heavy atom. The van der Waals surface area contributed by atoms with Gasteiger partial charge in [-0.2, -0.15) is 0 Å². The van der Waals surface area contributed by atoms with Crippen molar-refractivity contribution >= 4 is 17.8 Å². The summed E-state index contributed by atoms with van der Waals surface area (Å²) in [6.45, 7) is 3.77. The Morgan fingerprint density at radius 2 is 1.72 bits per heavy atom. The van der Waals surface area contributed by atoms with Crippen molar-refractivity contribution in [1.29, 1.82) is 0 Å². The van der Waals surface area contributed by atoms with Gasteiger partial charge in [-0.1, -0.05) is 20.3 Å². The molecule has 0 saturated carbocycles. The zero-order chi connectivity index (χ0) is 14.1. The van der Waals surface area contributed by atoms with E-state index in [9.17, 15) is 14.4 Å². The van der Waals surface area contributed by atoms with Crippen LogP contribution in [-0.4, -0.2) is 38.1 Å². The fourth-order valence-electron chi connectivity index (χ4n) is 1.36. The second kappa shape index (κ2) is 8.49. The van der Waals surface area contributed by atoms with Crippen LogP contribution in [0.5, 0.6) is 0 Å². The standard InChI is InChI=1S/C12H21NO5/c1-5-8(2)11(12(16)18-4)13-9(14)6-7-10(15)17-3/h8,11H,5-7H2,1-4H3,(H,13,14)/t8-,11+/m0/s1. The molecule has 1 N–H and O–H groups in total. The second-order valence-corrected chi connectivity index (χ2v) is 4.03. The Kier molecular flexibility index (Phi) is 7.74. The molecule has 0 rings (SSSR count). The normalized spacial score (nSPS) is 13.3. The lowest BCUT2D eigenvalue weighted by Gasteiger charge is -2.21. The lowest BCUT2D eigenvalue weighted by atomic mass is 9.99. The van der Waals surface area contributed by atoms with E-state index in [1.54, 1.807) is 0 Å². The second-order valence-electron chi connectivity index (χ2n) is 4.03. The third-order valence-electron chi connectivity index (χ3n) is 2.77. The predicted molar refractivity (Wildman–Crippen MR) is 64.7 cm³/mol. The maximum atomic E-state index is 11.6. The number of ether oxygens (including phenoxy) is 2. The van der Waals surface area contributed by atoms with E-state index < -0.39 is 18.0 Å². The van der Waals surface area contributed by atoms with E-state index in [0.29, 0.717) is 0 Å².